The third-order valence-corrected chi connectivity index (χ3v) is 3.23. The first-order valence-electron chi connectivity index (χ1n) is 7.63. The Morgan fingerprint density at radius 1 is 1.23 bits per heavy atom. The van der Waals surface area contributed by atoms with Gasteiger partial charge in [-0.2, -0.15) is 0 Å². The number of nitrogens with one attached hydrogen (secondary N) is 1. The van der Waals surface area contributed by atoms with Crippen LogP contribution in [-0.4, -0.2) is 31.6 Å². The highest BCUT2D eigenvalue weighted by Crippen LogP contribution is 2.04. The van der Waals surface area contributed by atoms with Crippen LogP contribution in [0.4, 0.5) is 0 Å². The monoisotopic (exact) mass is 307 g/mol. The van der Waals surface area contributed by atoms with Gasteiger partial charge < -0.3 is 14.8 Å². The molecular weight excluding hydrogens is 282 g/mol. The zero-order chi connectivity index (χ0) is 16.2. The molecule has 0 aromatic heterocycles. The van der Waals surface area contributed by atoms with Gasteiger partial charge in [-0.05, 0) is 12.0 Å². The van der Waals surface area contributed by atoms with E-state index < -0.39 is 0 Å². The number of benzene rings is 1. The van der Waals surface area contributed by atoms with Crippen LogP contribution >= 0.6 is 0 Å². The molecule has 0 aliphatic rings. The second-order valence-corrected chi connectivity index (χ2v) is 5.12. The molecule has 0 spiro atoms. The quantitative estimate of drug-likeness (QED) is 0.532. The van der Waals surface area contributed by atoms with Crippen molar-refractivity contribution in [3.8, 4) is 0 Å². The summed E-state index contributed by atoms with van der Waals surface area (Å²) in [6, 6.07) is 9.65. The van der Waals surface area contributed by atoms with E-state index in [2.05, 4.69) is 10.1 Å². The molecule has 0 bridgehead atoms. The second-order valence-electron chi connectivity index (χ2n) is 5.12. The summed E-state index contributed by atoms with van der Waals surface area (Å²) < 4.78 is 10.1. The number of carbonyl (C=O) groups excluding carboxylic acids is 2. The van der Waals surface area contributed by atoms with Crippen molar-refractivity contribution in [2.75, 3.05) is 13.7 Å². The molecule has 1 atom stereocenters. The van der Waals surface area contributed by atoms with Gasteiger partial charge in [0.05, 0.1) is 26.7 Å². The fourth-order valence-corrected chi connectivity index (χ4v) is 2.09. The number of ether oxygens (including phenoxy) is 2. The first-order chi connectivity index (χ1) is 10.7. The van der Waals surface area contributed by atoms with Crippen LogP contribution in [0.15, 0.2) is 30.3 Å². The van der Waals surface area contributed by atoms with Gasteiger partial charge in [0.2, 0.25) is 5.91 Å². The first kappa shape index (κ1) is 18.2. The Balaban J connectivity index is 2.24. The molecule has 0 heterocycles. The molecule has 0 aliphatic heterocycles. The molecule has 5 heteroatoms. The average molecular weight is 307 g/mol. The van der Waals surface area contributed by atoms with Crippen molar-refractivity contribution < 1.29 is 19.1 Å². The van der Waals surface area contributed by atoms with Gasteiger partial charge >= 0.3 is 5.97 Å². The fraction of sp³-hybridized carbons (Fsp3) is 0.529. The maximum Gasteiger partial charge on any atom is 0.307 e. The van der Waals surface area contributed by atoms with Crippen molar-refractivity contribution in [2.45, 2.75) is 45.3 Å². The lowest BCUT2D eigenvalue weighted by Gasteiger charge is -2.17. The van der Waals surface area contributed by atoms with Crippen LogP contribution in [0.25, 0.3) is 0 Å². The topological polar surface area (TPSA) is 64.6 Å². The lowest BCUT2D eigenvalue weighted by Crippen LogP contribution is -2.37. The summed E-state index contributed by atoms with van der Waals surface area (Å²) in [5.74, 6) is -0.408. The molecule has 0 fully saturated rings. The van der Waals surface area contributed by atoms with Crippen LogP contribution in [0, 0.1) is 0 Å². The van der Waals surface area contributed by atoms with Gasteiger partial charge in [0.1, 0.15) is 0 Å². The molecule has 1 aromatic rings. The Morgan fingerprint density at radius 3 is 2.59 bits per heavy atom. The Kier molecular flexibility index (Phi) is 8.91. The molecule has 0 aliphatic carbocycles. The number of hydrogen-bond acceptors (Lipinski definition) is 4. The van der Waals surface area contributed by atoms with E-state index in [1.807, 2.05) is 37.3 Å². The van der Waals surface area contributed by atoms with Crippen molar-refractivity contribution in [3.05, 3.63) is 35.9 Å². The van der Waals surface area contributed by atoms with Crippen LogP contribution in [0.5, 0.6) is 0 Å². The number of carbonyl (C=O) groups is 2. The van der Waals surface area contributed by atoms with Gasteiger partial charge in [-0.15, -0.1) is 0 Å². The Bertz CT molecular complexity index is 447. The molecule has 122 valence electrons. The van der Waals surface area contributed by atoms with Crippen molar-refractivity contribution in [3.63, 3.8) is 0 Å². The van der Waals surface area contributed by atoms with E-state index in [0.717, 1.165) is 18.4 Å². The molecule has 1 amide bonds. The van der Waals surface area contributed by atoms with Crippen molar-refractivity contribution in [2.24, 2.45) is 0 Å². The highest BCUT2D eigenvalue weighted by molar-refractivity contribution is 5.77. The molecule has 5 nitrogen and oxygen atoms in total. The Morgan fingerprint density at radius 2 is 1.95 bits per heavy atom. The highest BCUT2D eigenvalue weighted by Gasteiger charge is 2.15. The zero-order valence-corrected chi connectivity index (χ0v) is 13.3. The molecule has 0 saturated heterocycles. The van der Waals surface area contributed by atoms with Gasteiger partial charge in [0, 0.05) is 12.5 Å². The SMILES string of the molecule is CCC[C@H](CC(=O)OC)NC(=O)CCOCc1ccccc1. The third kappa shape index (κ3) is 7.78. The average Bonchev–Trinajstić information content (AvgIpc) is 2.52. The molecule has 22 heavy (non-hydrogen) atoms. The number of hydrogen-bond donors (Lipinski definition) is 1. The predicted octanol–water partition coefficient (Wildman–Crippen LogP) is 2.44. The molecule has 0 saturated carbocycles. The fourth-order valence-electron chi connectivity index (χ4n) is 2.09. The summed E-state index contributed by atoms with van der Waals surface area (Å²) in [7, 11) is 1.35. The van der Waals surface area contributed by atoms with E-state index in [0.29, 0.717) is 13.2 Å². The van der Waals surface area contributed by atoms with E-state index >= 15 is 0 Å². The van der Waals surface area contributed by atoms with Gasteiger partial charge in [0.25, 0.3) is 0 Å². The summed E-state index contributed by atoms with van der Waals surface area (Å²) in [4.78, 5) is 23.2. The van der Waals surface area contributed by atoms with Crippen molar-refractivity contribution in [1.82, 2.24) is 5.32 Å². The Hall–Kier alpha value is -1.88. The zero-order valence-electron chi connectivity index (χ0n) is 13.3. The number of esters is 1. The van der Waals surface area contributed by atoms with Crippen LogP contribution < -0.4 is 5.32 Å². The highest BCUT2D eigenvalue weighted by atomic mass is 16.5. The number of amides is 1. The minimum atomic E-state index is -0.306. The van der Waals surface area contributed by atoms with E-state index in [1.54, 1.807) is 0 Å². The number of rotatable bonds is 10. The standard InChI is InChI=1S/C17H25NO4/c1-3-7-15(12-17(20)21-2)18-16(19)10-11-22-13-14-8-5-4-6-9-14/h4-6,8-9,15H,3,7,10-13H2,1-2H3,(H,18,19)/t15-/m1/s1. The maximum absolute atomic E-state index is 11.9. The third-order valence-electron chi connectivity index (χ3n) is 3.23. The van der Waals surface area contributed by atoms with E-state index in [1.165, 1.54) is 7.11 Å². The van der Waals surface area contributed by atoms with Crippen LogP contribution in [0.2, 0.25) is 0 Å². The van der Waals surface area contributed by atoms with Gasteiger partial charge in [0.15, 0.2) is 0 Å². The largest absolute Gasteiger partial charge is 0.469 e. The van der Waals surface area contributed by atoms with E-state index in [-0.39, 0.29) is 30.8 Å². The molecule has 1 aromatic carbocycles. The van der Waals surface area contributed by atoms with Crippen LogP contribution in [0.3, 0.4) is 0 Å². The van der Waals surface area contributed by atoms with Crippen molar-refractivity contribution in [1.29, 1.82) is 0 Å². The van der Waals surface area contributed by atoms with Gasteiger partial charge in [-0.3, -0.25) is 9.59 Å². The Labute approximate surface area is 132 Å². The summed E-state index contributed by atoms with van der Waals surface area (Å²) in [6.07, 6.45) is 2.15. The van der Waals surface area contributed by atoms with E-state index in [9.17, 15) is 9.59 Å². The molecule has 1 rings (SSSR count). The van der Waals surface area contributed by atoms with Crippen molar-refractivity contribution >= 4 is 11.9 Å². The lowest BCUT2D eigenvalue weighted by atomic mass is 10.1. The van der Waals surface area contributed by atoms with Crippen LogP contribution in [-0.2, 0) is 25.7 Å². The smallest absolute Gasteiger partial charge is 0.307 e. The van der Waals surface area contributed by atoms with Crippen LogP contribution in [0.1, 0.15) is 38.2 Å². The summed E-state index contributed by atoms with van der Waals surface area (Å²) in [6.45, 7) is 2.87. The first-order valence-corrected chi connectivity index (χ1v) is 7.63. The molecule has 1 N–H and O–H groups in total. The van der Waals surface area contributed by atoms with E-state index in [4.69, 9.17) is 4.74 Å². The lowest BCUT2D eigenvalue weighted by molar-refractivity contribution is -0.141. The molecule has 0 unspecified atom stereocenters. The summed E-state index contributed by atoms with van der Waals surface area (Å²) in [5, 5.41) is 2.86. The number of methoxy groups -OCH3 is 1. The minimum Gasteiger partial charge on any atom is -0.469 e. The summed E-state index contributed by atoms with van der Waals surface area (Å²) >= 11 is 0. The van der Waals surface area contributed by atoms with Gasteiger partial charge in [-0.25, -0.2) is 0 Å². The predicted molar refractivity (Wildman–Crippen MR) is 84.2 cm³/mol. The summed E-state index contributed by atoms with van der Waals surface area (Å²) in [5.41, 5.74) is 1.08. The normalized spacial score (nSPS) is 11.7. The molecule has 0 radical (unpaired) electrons. The van der Waals surface area contributed by atoms with Gasteiger partial charge in [-0.1, -0.05) is 43.7 Å². The maximum atomic E-state index is 11.9. The molecular formula is C17H25NO4. The second kappa shape index (κ2) is 10.8. The minimum absolute atomic E-state index is 0.101.